The van der Waals surface area contributed by atoms with Crippen LogP contribution in [0.25, 0.3) is 22.3 Å². The Morgan fingerprint density at radius 3 is 2.67 bits per heavy atom. The fraction of sp³-hybridized carbons (Fsp3) is 0.188. The number of hydrogen-bond donors (Lipinski definition) is 2. The maximum absolute atomic E-state index is 12.1. The summed E-state index contributed by atoms with van der Waals surface area (Å²) in [5.41, 5.74) is 1.41. The van der Waals surface area contributed by atoms with Crippen LogP contribution in [0.1, 0.15) is 25.3 Å². The van der Waals surface area contributed by atoms with Crippen molar-refractivity contribution in [2.45, 2.75) is 19.8 Å². The Hall–Kier alpha value is -2.69. The first-order valence-electron chi connectivity index (χ1n) is 6.75. The summed E-state index contributed by atoms with van der Waals surface area (Å²) < 4.78 is 0. The molecule has 3 aromatic rings. The third-order valence-electron chi connectivity index (χ3n) is 3.40. The number of H-pyrrole nitrogens is 1. The smallest absolute Gasteiger partial charge is 0.258 e. The van der Waals surface area contributed by atoms with Crippen LogP contribution in [0, 0.1) is 0 Å². The van der Waals surface area contributed by atoms with Crippen molar-refractivity contribution in [1.29, 1.82) is 0 Å². The zero-order valence-electron chi connectivity index (χ0n) is 11.8. The van der Waals surface area contributed by atoms with Crippen LogP contribution in [-0.4, -0.2) is 20.1 Å². The van der Waals surface area contributed by atoms with E-state index in [0.717, 1.165) is 10.9 Å². The Bertz CT molecular complexity index is 864. The molecule has 106 valence electrons. The average Bonchev–Trinajstić information content (AvgIpc) is 2.45. The van der Waals surface area contributed by atoms with Crippen LogP contribution >= 0.6 is 0 Å². The molecule has 21 heavy (non-hydrogen) atoms. The second kappa shape index (κ2) is 5.01. The minimum absolute atomic E-state index is 0.0963. The third-order valence-corrected chi connectivity index (χ3v) is 3.40. The van der Waals surface area contributed by atoms with Gasteiger partial charge in [0.2, 0.25) is 5.88 Å². The molecule has 0 spiro atoms. The van der Waals surface area contributed by atoms with Gasteiger partial charge in [0.15, 0.2) is 0 Å². The summed E-state index contributed by atoms with van der Waals surface area (Å²) in [4.78, 5) is 23.3. The van der Waals surface area contributed by atoms with Crippen molar-refractivity contribution in [3.05, 3.63) is 52.4 Å². The molecular weight excluding hydrogens is 266 g/mol. The van der Waals surface area contributed by atoms with Crippen molar-refractivity contribution in [1.82, 2.24) is 15.0 Å². The maximum atomic E-state index is 12.1. The van der Waals surface area contributed by atoms with Gasteiger partial charge in [-0.15, -0.1) is 0 Å². The standard InChI is InChI=1S/C16H15N3O2/c1-9(2)12-15(20)18-14(19-16(12)21)11-7-3-5-10-6-4-8-17-13(10)11/h3-9H,1-2H3,(H2,18,19,20,21). The van der Waals surface area contributed by atoms with Crippen molar-refractivity contribution in [2.75, 3.05) is 0 Å². The van der Waals surface area contributed by atoms with E-state index in [2.05, 4.69) is 15.0 Å². The minimum Gasteiger partial charge on any atom is -0.493 e. The van der Waals surface area contributed by atoms with Crippen LogP contribution < -0.4 is 5.56 Å². The van der Waals surface area contributed by atoms with Gasteiger partial charge in [0.05, 0.1) is 11.1 Å². The molecular formula is C16H15N3O2. The Morgan fingerprint density at radius 1 is 1.19 bits per heavy atom. The number of nitrogens with one attached hydrogen (secondary N) is 1. The lowest BCUT2D eigenvalue weighted by atomic mass is 10.1. The highest BCUT2D eigenvalue weighted by Crippen LogP contribution is 2.26. The van der Waals surface area contributed by atoms with Gasteiger partial charge in [-0.25, -0.2) is 0 Å². The number of nitrogens with zero attached hydrogens (tertiary/aromatic N) is 2. The maximum Gasteiger partial charge on any atom is 0.258 e. The van der Waals surface area contributed by atoms with E-state index in [1.165, 1.54) is 0 Å². The molecule has 5 nitrogen and oxygen atoms in total. The second-order valence-corrected chi connectivity index (χ2v) is 5.19. The van der Waals surface area contributed by atoms with Gasteiger partial charge in [-0.1, -0.05) is 32.0 Å². The first-order valence-corrected chi connectivity index (χ1v) is 6.75. The monoisotopic (exact) mass is 281 g/mol. The van der Waals surface area contributed by atoms with E-state index in [4.69, 9.17) is 0 Å². The van der Waals surface area contributed by atoms with E-state index in [9.17, 15) is 9.90 Å². The van der Waals surface area contributed by atoms with E-state index in [1.54, 1.807) is 6.20 Å². The number of aromatic amines is 1. The quantitative estimate of drug-likeness (QED) is 0.757. The van der Waals surface area contributed by atoms with Gasteiger partial charge in [-0.05, 0) is 18.1 Å². The lowest BCUT2D eigenvalue weighted by Gasteiger charge is -2.09. The molecule has 0 aliphatic rings. The number of fused-ring (bicyclic) bond motifs is 1. The molecule has 0 aliphatic heterocycles. The second-order valence-electron chi connectivity index (χ2n) is 5.19. The number of rotatable bonds is 2. The molecule has 0 atom stereocenters. The highest BCUT2D eigenvalue weighted by molar-refractivity contribution is 5.91. The summed E-state index contributed by atoms with van der Waals surface area (Å²) in [6.07, 6.45) is 1.69. The Balaban J connectivity index is 2.27. The summed E-state index contributed by atoms with van der Waals surface area (Å²) >= 11 is 0. The first kappa shape index (κ1) is 13.3. The fourth-order valence-corrected chi connectivity index (χ4v) is 2.41. The molecule has 2 heterocycles. The molecule has 2 aromatic heterocycles. The van der Waals surface area contributed by atoms with Crippen LogP contribution in [0.4, 0.5) is 0 Å². The number of hydrogen-bond acceptors (Lipinski definition) is 4. The predicted molar refractivity (Wildman–Crippen MR) is 81.3 cm³/mol. The number of aromatic hydroxyl groups is 1. The number of pyridine rings is 1. The van der Waals surface area contributed by atoms with Gasteiger partial charge in [0, 0.05) is 17.1 Å². The van der Waals surface area contributed by atoms with Gasteiger partial charge in [0.1, 0.15) is 5.82 Å². The molecule has 2 N–H and O–H groups in total. The van der Waals surface area contributed by atoms with Crippen LogP contribution in [0.2, 0.25) is 0 Å². The summed E-state index contributed by atoms with van der Waals surface area (Å²) in [5, 5.41) is 11.0. The molecule has 0 saturated carbocycles. The van der Waals surface area contributed by atoms with Gasteiger partial charge in [-0.2, -0.15) is 4.98 Å². The minimum atomic E-state index is -0.319. The van der Waals surface area contributed by atoms with Crippen molar-refractivity contribution in [2.24, 2.45) is 0 Å². The number of aromatic nitrogens is 3. The lowest BCUT2D eigenvalue weighted by molar-refractivity contribution is 0.440. The SMILES string of the molecule is CC(C)c1c(O)nc(-c2cccc3cccnc23)[nH]c1=O. The summed E-state index contributed by atoms with van der Waals surface area (Å²) in [7, 11) is 0. The molecule has 0 aliphatic carbocycles. The summed E-state index contributed by atoms with van der Waals surface area (Å²) in [6.45, 7) is 3.68. The zero-order valence-corrected chi connectivity index (χ0v) is 11.8. The molecule has 0 fully saturated rings. The fourth-order valence-electron chi connectivity index (χ4n) is 2.41. The van der Waals surface area contributed by atoms with E-state index in [-0.39, 0.29) is 17.4 Å². The Kier molecular flexibility index (Phi) is 3.17. The number of para-hydroxylation sites is 1. The van der Waals surface area contributed by atoms with E-state index in [0.29, 0.717) is 17.0 Å². The van der Waals surface area contributed by atoms with Crippen molar-refractivity contribution in [3.8, 4) is 17.3 Å². The Labute approximate surface area is 121 Å². The average molecular weight is 281 g/mol. The molecule has 3 rings (SSSR count). The normalized spacial score (nSPS) is 11.2. The van der Waals surface area contributed by atoms with Crippen molar-refractivity contribution in [3.63, 3.8) is 0 Å². The van der Waals surface area contributed by atoms with E-state index in [1.807, 2.05) is 44.2 Å². The van der Waals surface area contributed by atoms with Gasteiger partial charge in [0.25, 0.3) is 5.56 Å². The zero-order chi connectivity index (χ0) is 15.0. The summed E-state index contributed by atoms with van der Waals surface area (Å²) in [6, 6.07) is 9.41. The molecule has 0 radical (unpaired) electrons. The summed E-state index contributed by atoms with van der Waals surface area (Å²) in [5.74, 6) is 0.00354. The Morgan fingerprint density at radius 2 is 1.95 bits per heavy atom. The highest BCUT2D eigenvalue weighted by Gasteiger charge is 2.16. The largest absolute Gasteiger partial charge is 0.493 e. The molecule has 0 amide bonds. The first-order chi connectivity index (χ1) is 10.1. The van der Waals surface area contributed by atoms with Gasteiger partial charge >= 0.3 is 0 Å². The lowest BCUT2D eigenvalue weighted by Crippen LogP contribution is -2.16. The molecule has 0 saturated heterocycles. The molecule has 0 unspecified atom stereocenters. The van der Waals surface area contributed by atoms with Crippen LogP contribution in [-0.2, 0) is 0 Å². The van der Waals surface area contributed by atoms with Gasteiger partial charge < -0.3 is 10.1 Å². The number of benzene rings is 1. The predicted octanol–water partition coefficient (Wildman–Crippen LogP) is 2.81. The van der Waals surface area contributed by atoms with Crippen LogP contribution in [0.15, 0.2) is 41.3 Å². The van der Waals surface area contributed by atoms with E-state index < -0.39 is 0 Å². The highest BCUT2D eigenvalue weighted by atomic mass is 16.3. The van der Waals surface area contributed by atoms with Crippen molar-refractivity contribution < 1.29 is 5.11 Å². The van der Waals surface area contributed by atoms with Crippen LogP contribution in [0.5, 0.6) is 5.88 Å². The topological polar surface area (TPSA) is 78.9 Å². The van der Waals surface area contributed by atoms with Crippen molar-refractivity contribution >= 4 is 10.9 Å². The third kappa shape index (κ3) is 2.27. The van der Waals surface area contributed by atoms with Crippen LogP contribution in [0.3, 0.4) is 0 Å². The van der Waals surface area contributed by atoms with E-state index >= 15 is 0 Å². The molecule has 1 aromatic carbocycles. The molecule has 0 bridgehead atoms. The molecule has 5 heteroatoms. The van der Waals surface area contributed by atoms with Gasteiger partial charge in [-0.3, -0.25) is 9.78 Å².